The van der Waals surface area contributed by atoms with Gasteiger partial charge in [0.1, 0.15) is 17.8 Å². The van der Waals surface area contributed by atoms with Crippen molar-refractivity contribution in [3.8, 4) is 0 Å². The monoisotopic (exact) mass is 304 g/mol. The number of halogens is 4. The lowest BCUT2D eigenvalue weighted by Gasteiger charge is -2.36. The number of fused-ring (bicyclic) bond motifs is 1. The highest BCUT2D eigenvalue weighted by molar-refractivity contribution is 5.82. The van der Waals surface area contributed by atoms with E-state index in [-0.39, 0.29) is 26.2 Å². The third-order valence-corrected chi connectivity index (χ3v) is 3.54. The molecule has 1 fully saturated rings. The maximum absolute atomic E-state index is 13.0. The van der Waals surface area contributed by atoms with Crippen LogP contribution in [0.1, 0.15) is 17.1 Å². The minimum absolute atomic E-state index is 0.163. The number of hydrogen-bond donors (Lipinski definition) is 0. The fourth-order valence-electron chi connectivity index (χ4n) is 2.54. The number of carbonyl (C=O) groups excluding carboxylic acids is 1. The molecule has 0 aromatic carbocycles. The number of carbonyl (C=O) groups is 1. The van der Waals surface area contributed by atoms with Crippen LogP contribution in [0.4, 0.5) is 23.4 Å². The fraction of sp³-hybridized carbons (Fsp3) is 0.583. The zero-order valence-electron chi connectivity index (χ0n) is 11.1. The van der Waals surface area contributed by atoms with Crippen molar-refractivity contribution in [3.63, 3.8) is 0 Å². The first kappa shape index (κ1) is 14.0. The van der Waals surface area contributed by atoms with Gasteiger partial charge in [-0.05, 0) is 6.92 Å². The van der Waals surface area contributed by atoms with E-state index in [1.165, 1.54) is 0 Å². The van der Waals surface area contributed by atoms with Crippen LogP contribution in [0, 0.1) is 6.92 Å². The Morgan fingerprint density at radius 1 is 1.24 bits per heavy atom. The Morgan fingerprint density at radius 2 is 1.90 bits per heavy atom. The van der Waals surface area contributed by atoms with E-state index in [4.69, 9.17) is 0 Å². The van der Waals surface area contributed by atoms with Gasteiger partial charge in [-0.15, -0.1) is 0 Å². The van der Waals surface area contributed by atoms with Gasteiger partial charge in [0.2, 0.25) is 0 Å². The van der Waals surface area contributed by atoms with Gasteiger partial charge < -0.3 is 9.80 Å². The van der Waals surface area contributed by atoms with Crippen LogP contribution >= 0.6 is 0 Å². The van der Waals surface area contributed by atoms with Crippen LogP contribution in [0.3, 0.4) is 0 Å². The molecule has 1 aromatic heterocycles. The predicted molar refractivity (Wildman–Crippen MR) is 64.2 cm³/mol. The molecule has 5 nitrogen and oxygen atoms in total. The fourth-order valence-corrected chi connectivity index (χ4v) is 2.54. The average Bonchev–Trinajstić information content (AvgIpc) is 2.75. The topological polar surface area (TPSA) is 49.3 Å². The maximum Gasteiger partial charge on any atom is 0.471 e. The number of alkyl halides is 4. The predicted octanol–water partition coefficient (Wildman–Crippen LogP) is 1.35. The van der Waals surface area contributed by atoms with E-state index in [9.17, 15) is 22.4 Å². The van der Waals surface area contributed by atoms with Gasteiger partial charge in [0.15, 0.2) is 0 Å². The van der Waals surface area contributed by atoms with Gasteiger partial charge >= 0.3 is 12.1 Å². The molecule has 1 aromatic rings. The van der Waals surface area contributed by atoms with Gasteiger partial charge in [-0.3, -0.25) is 4.79 Å². The molecule has 21 heavy (non-hydrogen) atoms. The highest BCUT2D eigenvalue weighted by atomic mass is 19.4. The molecule has 0 bridgehead atoms. The van der Waals surface area contributed by atoms with E-state index in [1.807, 2.05) is 0 Å². The Labute approximate surface area is 117 Å². The van der Waals surface area contributed by atoms with E-state index in [2.05, 4.69) is 9.97 Å². The van der Waals surface area contributed by atoms with Crippen LogP contribution in [-0.2, 0) is 17.9 Å². The molecule has 114 valence electrons. The minimum atomic E-state index is -4.91. The van der Waals surface area contributed by atoms with Gasteiger partial charge in [0, 0.05) is 5.56 Å². The zero-order valence-corrected chi connectivity index (χ0v) is 11.1. The standard InChI is InChI=1S/C12H12F4N4O/c1-6-17-9-5-20(11(21)12(14,15)16)4-8(9)10(18-6)19-2-7(13)3-19/h7H,2-5H2,1H3. The van der Waals surface area contributed by atoms with E-state index in [0.29, 0.717) is 27.8 Å². The summed E-state index contributed by atoms with van der Waals surface area (Å²) in [4.78, 5) is 21.9. The van der Waals surface area contributed by atoms with E-state index < -0.39 is 18.3 Å². The molecule has 3 rings (SSSR count). The van der Waals surface area contributed by atoms with Crippen LogP contribution in [-0.4, -0.2) is 46.2 Å². The van der Waals surface area contributed by atoms with Crippen molar-refractivity contribution in [1.82, 2.24) is 14.9 Å². The normalized spacial score (nSPS) is 18.7. The first-order chi connectivity index (χ1) is 9.75. The van der Waals surface area contributed by atoms with Crippen molar-refractivity contribution in [2.24, 2.45) is 0 Å². The third-order valence-electron chi connectivity index (χ3n) is 3.54. The third kappa shape index (κ3) is 2.40. The number of aryl methyl sites for hydroxylation is 1. The summed E-state index contributed by atoms with van der Waals surface area (Å²) in [5.74, 6) is -1.06. The van der Waals surface area contributed by atoms with Gasteiger partial charge in [-0.2, -0.15) is 13.2 Å². The Kier molecular flexibility index (Phi) is 3.03. The van der Waals surface area contributed by atoms with E-state index in [1.54, 1.807) is 11.8 Å². The highest BCUT2D eigenvalue weighted by Gasteiger charge is 2.45. The van der Waals surface area contributed by atoms with Crippen LogP contribution < -0.4 is 4.90 Å². The Balaban J connectivity index is 1.89. The van der Waals surface area contributed by atoms with Crippen molar-refractivity contribution < 1.29 is 22.4 Å². The van der Waals surface area contributed by atoms with Crippen LogP contribution in [0.2, 0.25) is 0 Å². The number of aromatic nitrogens is 2. The summed E-state index contributed by atoms with van der Waals surface area (Å²) < 4.78 is 50.5. The number of rotatable bonds is 1. The van der Waals surface area contributed by atoms with Crippen LogP contribution in [0.5, 0.6) is 0 Å². The zero-order chi connectivity index (χ0) is 15.4. The van der Waals surface area contributed by atoms with Gasteiger partial charge in [0.05, 0.1) is 31.9 Å². The summed E-state index contributed by atoms with van der Waals surface area (Å²) in [5, 5.41) is 0. The second kappa shape index (κ2) is 4.54. The molecule has 0 spiro atoms. The molecule has 2 aliphatic rings. The van der Waals surface area contributed by atoms with Crippen LogP contribution in [0.25, 0.3) is 0 Å². The lowest BCUT2D eigenvalue weighted by molar-refractivity contribution is -0.186. The molecule has 0 radical (unpaired) electrons. The summed E-state index contributed by atoms with van der Waals surface area (Å²) in [6.45, 7) is 1.55. The van der Waals surface area contributed by atoms with Gasteiger partial charge in [-0.25, -0.2) is 14.4 Å². The number of amides is 1. The Hall–Kier alpha value is -1.93. The first-order valence-electron chi connectivity index (χ1n) is 6.37. The average molecular weight is 304 g/mol. The quantitative estimate of drug-likeness (QED) is 0.735. The molecule has 0 aliphatic carbocycles. The molecular weight excluding hydrogens is 292 g/mol. The van der Waals surface area contributed by atoms with Crippen LogP contribution in [0.15, 0.2) is 0 Å². The molecule has 0 N–H and O–H groups in total. The molecule has 9 heteroatoms. The summed E-state index contributed by atoms with van der Waals surface area (Å²) in [5.41, 5.74) is 0.877. The Bertz CT molecular complexity index is 598. The van der Waals surface area contributed by atoms with E-state index >= 15 is 0 Å². The largest absolute Gasteiger partial charge is 0.471 e. The molecule has 0 saturated carbocycles. The molecule has 1 saturated heterocycles. The van der Waals surface area contributed by atoms with Gasteiger partial charge in [-0.1, -0.05) is 0 Å². The van der Waals surface area contributed by atoms with Crippen molar-refractivity contribution >= 4 is 11.7 Å². The summed E-state index contributed by atoms with van der Waals surface area (Å²) >= 11 is 0. The summed E-state index contributed by atoms with van der Waals surface area (Å²) in [7, 11) is 0. The molecule has 1 amide bonds. The lowest BCUT2D eigenvalue weighted by Crippen LogP contribution is -2.49. The maximum atomic E-state index is 13.0. The molecular formula is C12H12F4N4O. The second-order valence-electron chi connectivity index (χ2n) is 5.18. The SMILES string of the molecule is Cc1nc2c(c(N3CC(F)C3)n1)CN(C(=O)C(F)(F)F)C2. The molecule has 0 atom stereocenters. The lowest BCUT2D eigenvalue weighted by atomic mass is 10.1. The van der Waals surface area contributed by atoms with Crippen molar-refractivity contribution in [3.05, 3.63) is 17.1 Å². The van der Waals surface area contributed by atoms with Gasteiger partial charge in [0.25, 0.3) is 0 Å². The van der Waals surface area contributed by atoms with Crippen molar-refractivity contribution in [1.29, 1.82) is 0 Å². The first-order valence-corrected chi connectivity index (χ1v) is 6.37. The van der Waals surface area contributed by atoms with Crippen molar-refractivity contribution in [2.45, 2.75) is 32.4 Å². The summed E-state index contributed by atoms with van der Waals surface area (Å²) in [6, 6.07) is 0. The minimum Gasteiger partial charge on any atom is -0.350 e. The number of nitrogens with zero attached hydrogens (tertiary/aromatic N) is 4. The molecule has 0 unspecified atom stereocenters. The highest BCUT2D eigenvalue weighted by Crippen LogP contribution is 2.34. The smallest absolute Gasteiger partial charge is 0.350 e. The summed E-state index contributed by atoms with van der Waals surface area (Å²) in [6.07, 6.45) is -5.86. The molecule has 3 heterocycles. The van der Waals surface area contributed by atoms with E-state index in [0.717, 1.165) is 0 Å². The number of hydrogen-bond acceptors (Lipinski definition) is 4. The molecule has 2 aliphatic heterocycles. The Morgan fingerprint density at radius 3 is 2.48 bits per heavy atom. The second-order valence-corrected chi connectivity index (χ2v) is 5.18. The van der Waals surface area contributed by atoms with Crippen molar-refractivity contribution in [2.75, 3.05) is 18.0 Å². The number of anilines is 1.